The number of methoxy groups -OCH3 is 1. The number of nitrogens with zero attached hydrogens (tertiary/aromatic N) is 1. The van der Waals surface area contributed by atoms with Crippen LogP contribution in [0.1, 0.15) is 18.2 Å². The molecule has 0 aliphatic rings. The van der Waals surface area contributed by atoms with Gasteiger partial charge in [-0.3, -0.25) is 5.10 Å². The molecule has 0 radical (unpaired) electrons. The van der Waals surface area contributed by atoms with Crippen molar-refractivity contribution in [1.82, 2.24) is 10.2 Å². The normalized spacial score (nSPS) is 12.1. The maximum atomic E-state index is 12.5. The van der Waals surface area contributed by atoms with Gasteiger partial charge in [0.2, 0.25) is 0 Å². The van der Waals surface area contributed by atoms with Gasteiger partial charge < -0.3 is 4.74 Å². The molecule has 20 heavy (non-hydrogen) atoms. The van der Waals surface area contributed by atoms with Gasteiger partial charge >= 0.3 is 6.18 Å². The summed E-state index contributed by atoms with van der Waals surface area (Å²) in [5.74, 6) is 0.651. The lowest BCUT2D eigenvalue weighted by Gasteiger charge is -2.06. The number of aromatic amines is 1. The zero-order valence-corrected chi connectivity index (χ0v) is 11.0. The van der Waals surface area contributed by atoms with E-state index >= 15 is 0 Å². The molecule has 1 aromatic heterocycles. The van der Waals surface area contributed by atoms with Crippen molar-refractivity contribution in [1.29, 1.82) is 0 Å². The van der Waals surface area contributed by atoms with Crippen molar-refractivity contribution in [2.75, 3.05) is 7.11 Å². The Balaban J connectivity index is 2.43. The molecule has 1 aromatic carbocycles. The molecule has 0 aliphatic heterocycles. The first-order valence-electron chi connectivity index (χ1n) is 5.89. The molecular weight excluding hydrogens is 269 g/mol. The SMILES string of the molecule is CC=Cc1cc(-c2cc(C(F)(F)F)[nH]n2)ccc1OC. The number of halogens is 3. The summed E-state index contributed by atoms with van der Waals surface area (Å²) in [5.41, 5.74) is 0.747. The number of ether oxygens (including phenoxy) is 1. The average molecular weight is 282 g/mol. The zero-order valence-electron chi connectivity index (χ0n) is 11.0. The lowest BCUT2D eigenvalue weighted by atomic mass is 10.1. The molecule has 0 spiro atoms. The number of aromatic nitrogens is 2. The molecule has 106 valence electrons. The number of nitrogens with one attached hydrogen (secondary N) is 1. The van der Waals surface area contributed by atoms with Crippen LogP contribution < -0.4 is 4.74 Å². The highest BCUT2D eigenvalue weighted by Crippen LogP contribution is 2.32. The molecule has 6 heteroatoms. The lowest BCUT2D eigenvalue weighted by molar-refractivity contribution is -0.141. The van der Waals surface area contributed by atoms with Crippen LogP contribution in [0, 0.1) is 0 Å². The molecule has 1 heterocycles. The van der Waals surface area contributed by atoms with E-state index < -0.39 is 11.9 Å². The van der Waals surface area contributed by atoms with Crippen molar-refractivity contribution >= 4 is 6.08 Å². The van der Waals surface area contributed by atoms with Crippen LogP contribution in [-0.2, 0) is 6.18 Å². The third-order valence-corrected chi connectivity index (χ3v) is 2.75. The van der Waals surface area contributed by atoms with Crippen LogP contribution in [0.15, 0.2) is 30.3 Å². The van der Waals surface area contributed by atoms with Crippen molar-refractivity contribution < 1.29 is 17.9 Å². The Kier molecular flexibility index (Phi) is 3.83. The fourth-order valence-corrected chi connectivity index (χ4v) is 1.82. The van der Waals surface area contributed by atoms with Crippen LogP contribution in [0.25, 0.3) is 17.3 Å². The highest BCUT2D eigenvalue weighted by molar-refractivity contribution is 5.68. The van der Waals surface area contributed by atoms with Gasteiger partial charge in [-0.05, 0) is 31.2 Å². The third-order valence-electron chi connectivity index (χ3n) is 2.75. The first kappa shape index (κ1) is 14.2. The molecule has 0 saturated heterocycles. The summed E-state index contributed by atoms with van der Waals surface area (Å²) < 4.78 is 42.8. The predicted octanol–water partition coefficient (Wildman–Crippen LogP) is 4.14. The van der Waals surface area contributed by atoms with Gasteiger partial charge in [-0.2, -0.15) is 18.3 Å². The highest BCUT2D eigenvalue weighted by atomic mass is 19.4. The van der Waals surface area contributed by atoms with Crippen LogP contribution in [0.4, 0.5) is 13.2 Å². The van der Waals surface area contributed by atoms with E-state index in [0.717, 1.165) is 11.6 Å². The van der Waals surface area contributed by atoms with Crippen molar-refractivity contribution in [2.45, 2.75) is 13.1 Å². The van der Waals surface area contributed by atoms with Crippen LogP contribution >= 0.6 is 0 Å². The van der Waals surface area contributed by atoms with Crippen LogP contribution in [0.3, 0.4) is 0 Å². The zero-order chi connectivity index (χ0) is 14.8. The Morgan fingerprint density at radius 1 is 1.25 bits per heavy atom. The van der Waals surface area contributed by atoms with E-state index in [-0.39, 0.29) is 5.69 Å². The lowest BCUT2D eigenvalue weighted by Crippen LogP contribution is -2.04. The molecule has 0 aliphatic carbocycles. The fourth-order valence-electron chi connectivity index (χ4n) is 1.82. The molecule has 0 atom stereocenters. The Labute approximate surface area is 114 Å². The summed E-state index contributed by atoms with van der Waals surface area (Å²) in [4.78, 5) is 0. The van der Waals surface area contributed by atoms with Crippen molar-refractivity contribution in [2.24, 2.45) is 0 Å². The van der Waals surface area contributed by atoms with Gasteiger partial charge in [-0.25, -0.2) is 0 Å². The molecule has 1 N–H and O–H groups in total. The van der Waals surface area contributed by atoms with Crippen LogP contribution in [0.5, 0.6) is 5.75 Å². The largest absolute Gasteiger partial charge is 0.496 e. The third kappa shape index (κ3) is 2.84. The van der Waals surface area contributed by atoms with Crippen molar-refractivity contribution in [3.05, 3.63) is 41.6 Å². The number of hydrogen-bond acceptors (Lipinski definition) is 2. The number of alkyl halides is 3. The number of benzene rings is 1. The summed E-state index contributed by atoms with van der Waals surface area (Å²) in [7, 11) is 1.54. The molecule has 0 bridgehead atoms. The molecule has 0 amide bonds. The van der Waals surface area contributed by atoms with Gasteiger partial charge in [-0.15, -0.1) is 0 Å². The monoisotopic (exact) mass is 282 g/mol. The van der Waals surface area contributed by atoms with Gasteiger partial charge in [0.05, 0.1) is 12.8 Å². The smallest absolute Gasteiger partial charge is 0.432 e. The van der Waals surface area contributed by atoms with Crippen molar-refractivity contribution in [3.8, 4) is 17.0 Å². The second-order valence-corrected chi connectivity index (χ2v) is 4.12. The van der Waals surface area contributed by atoms with E-state index in [9.17, 15) is 13.2 Å². The first-order valence-corrected chi connectivity index (χ1v) is 5.89. The average Bonchev–Trinajstić information content (AvgIpc) is 2.88. The number of allylic oxidation sites excluding steroid dienone is 1. The van der Waals surface area contributed by atoms with E-state index in [1.807, 2.05) is 24.2 Å². The maximum absolute atomic E-state index is 12.5. The minimum absolute atomic E-state index is 0.241. The first-order chi connectivity index (χ1) is 9.45. The summed E-state index contributed by atoms with van der Waals surface area (Å²) >= 11 is 0. The molecule has 0 fully saturated rings. The maximum Gasteiger partial charge on any atom is 0.432 e. The topological polar surface area (TPSA) is 37.9 Å². The molecule has 0 saturated carbocycles. The minimum atomic E-state index is -4.43. The van der Waals surface area contributed by atoms with Gasteiger partial charge in [0.25, 0.3) is 0 Å². The Morgan fingerprint density at radius 2 is 2.00 bits per heavy atom. The van der Waals surface area contributed by atoms with E-state index in [1.54, 1.807) is 18.2 Å². The molecule has 2 rings (SSSR count). The second-order valence-electron chi connectivity index (χ2n) is 4.12. The summed E-state index contributed by atoms with van der Waals surface area (Å²) in [5, 5.41) is 5.70. The predicted molar refractivity (Wildman–Crippen MR) is 70.3 cm³/mol. The molecule has 3 nitrogen and oxygen atoms in total. The van der Waals surface area contributed by atoms with Gasteiger partial charge in [-0.1, -0.05) is 12.2 Å². The fraction of sp³-hybridized carbons (Fsp3) is 0.214. The Hall–Kier alpha value is -2.24. The summed E-state index contributed by atoms with van der Waals surface area (Å²) in [6.07, 6.45) is -0.781. The van der Waals surface area contributed by atoms with E-state index in [0.29, 0.717) is 11.3 Å². The second kappa shape index (κ2) is 5.40. The Bertz CT molecular complexity index is 630. The van der Waals surface area contributed by atoms with Crippen LogP contribution in [-0.4, -0.2) is 17.3 Å². The molecular formula is C14H13F3N2O. The van der Waals surface area contributed by atoms with E-state index in [4.69, 9.17) is 4.74 Å². The number of H-pyrrole nitrogens is 1. The number of rotatable bonds is 3. The molecule has 0 unspecified atom stereocenters. The quantitative estimate of drug-likeness (QED) is 0.918. The van der Waals surface area contributed by atoms with Crippen molar-refractivity contribution in [3.63, 3.8) is 0 Å². The van der Waals surface area contributed by atoms with Gasteiger partial charge in [0.1, 0.15) is 11.4 Å². The standard InChI is InChI=1S/C14H13F3N2O/c1-3-4-10-7-9(5-6-12(10)20-2)11-8-13(19-18-11)14(15,16)17/h3-8H,1-2H3,(H,18,19). The van der Waals surface area contributed by atoms with Crippen LogP contribution in [0.2, 0.25) is 0 Å². The Morgan fingerprint density at radius 3 is 2.55 bits per heavy atom. The number of hydrogen-bond donors (Lipinski definition) is 1. The summed E-state index contributed by atoms with van der Waals surface area (Å²) in [6.45, 7) is 1.85. The minimum Gasteiger partial charge on any atom is -0.496 e. The summed E-state index contributed by atoms with van der Waals surface area (Å²) in [6, 6.07) is 6.09. The van der Waals surface area contributed by atoms with E-state index in [1.165, 1.54) is 7.11 Å². The van der Waals surface area contributed by atoms with Gasteiger partial charge in [0, 0.05) is 11.1 Å². The highest BCUT2D eigenvalue weighted by Gasteiger charge is 2.33. The van der Waals surface area contributed by atoms with E-state index in [2.05, 4.69) is 5.10 Å². The van der Waals surface area contributed by atoms with Gasteiger partial charge in [0.15, 0.2) is 0 Å². The molecule has 2 aromatic rings.